The van der Waals surface area contributed by atoms with Crippen LogP contribution in [0.5, 0.6) is 5.75 Å². The van der Waals surface area contributed by atoms with Crippen LogP contribution in [0.15, 0.2) is 30.3 Å². The second kappa shape index (κ2) is 8.74. The first-order valence-corrected chi connectivity index (χ1v) is 10.3. The fourth-order valence-corrected chi connectivity index (χ4v) is 5.01. The summed E-state index contributed by atoms with van der Waals surface area (Å²) in [6.07, 6.45) is 6.34. The number of benzene rings is 1. The van der Waals surface area contributed by atoms with Gasteiger partial charge in [-0.1, -0.05) is 24.3 Å². The third-order valence-corrected chi connectivity index (χ3v) is 6.49. The van der Waals surface area contributed by atoms with E-state index in [9.17, 15) is 5.11 Å². The van der Waals surface area contributed by atoms with E-state index in [4.69, 9.17) is 9.47 Å². The molecular formula is C22H32N2O3. The topological polar surface area (TPSA) is 45.2 Å². The summed E-state index contributed by atoms with van der Waals surface area (Å²) in [5.41, 5.74) is 1.20. The Bertz CT molecular complexity index is 627. The highest BCUT2D eigenvalue weighted by atomic mass is 16.5. The lowest BCUT2D eigenvalue weighted by atomic mass is 9.77. The maximum atomic E-state index is 10.7. The Hall–Kier alpha value is -1.40. The summed E-state index contributed by atoms with van der Waals surface area (Å²) >= 11 is 0. The van der Waals surface area contributed by atoms with Crippen LogP contribution in [0.1, 0.15) is 18.4 Å². The number of likely N-dealkylation sites (tertiary alicyclic amines) is 1. The van der Waals surface area contributed by atoms with Crippen LogP contribution in [0.3, 0.4) is 0 Å². The van der Waals surface area contributed by atoms with Crippen molar-refractivity contribution in [3.8, 4) is 5.75 Å². The van der Waals surface area contributed by atoms with Crippen molar-refractivity contribution in [2.24, 2.45) is 11.8 Å². The van der Waals surface area contributed by atoms with Gasteiger partial charge in [0.25, 0.3) is 0 Å². The zero-order valence-electron chi connectivity index (χ0n) is 16.3. The van der Waals surface area contributed by atoms with E-state index in [1.807, 2.05) is 12.1 Å². The van der Waals surface area contributed by atoms with Gasteiger partial charge in [-0.3, -0.25) is 9.80 Å². The minimum atomic E-state index is -0.181. The standard InChI is InChI=1S/C22H32N2O3/c1-26-20-6-4-17(5-7-20)3-2-8-23-15-18-13-21(22(25)14-19(18)16-23)24-9-11-27-12-10-24/h2-7,18-19,21-22,25H,8-16H2,1H3/b3-2+/t18-,19+,21-,22-/m1/s1. The van der Waals surface area contributed by atoms with Gasteiger partial charge in [0.2, 0.25) is 0 Å². The Labute approximate surface area is 162 Å². The van der Waals surface area contributed by atoms with Crippen molar-refractivity contribution in [2.45, 2.75) is 25.0 Å². The SMILES string of the molecule is COc1ccc(/C=C/CN2C[C@H]3C[C@@H](N4CCOCC4)[C@H](O)C[C@H]3C2)cc1. The van der Waals surface area contributed by atoms with E-state index >= 15 is 0 Å². The maximum absolute atomic E-state index is 10.7. The molecule has 1 aromatic rings. The second-order valence-corrected chi connectivity index (χ2v) is 8.17. The van der Waals surface area contributed by atoms with Gasteiger partial charge >= 0.3 is 0 Å². The first-order chi connectivity index (χ1) is 13.2. The van der Waals surface area contributed by atoms with Gasteiger partial charge in [0.1, 0.15) is 5.75 Å². The molecule has 148 valence electrons. The molecule has 0 amide bonds. The van der Waals surface area contributed by atoms with Gasteiger partial charge < -0.3 is 14.6 Å². The summed E-state index contributed by atoms with van der Waals surface area (Å²) in [5.74, 6) is 2.26. The van der Waals surface area contributed by atoms with Crippen molar-refractivity contribution >= 4 is 6.08 Å². The minimum absolute atomic E-state index is 0.181. The summed E-state index contributed by atoms with van der Waals surface area (Å²) in [7, 11) is 1.69. The molecule has 2 aliphatic heterocycles. The molecular weight excluding hydrogens is 340 g/mol. The van der Waals surface area contributed by atoms with Gasteiger partial charge in [0.15, 0.2) is 0 Å². The molecule has 0 aromatic heterocycles. The number of methoxy groups -OCH3 is 1. The number of aliphatic hydroxyl groups excluding tert-OH is 1. The lowest BCUT2D eigenvalue weighted by Crippen LogP contribution is -2.53. The summed E-state index contributed by atoms with van der Waals surface area (Å²) in [4.78, 5) is 5.00. The number of hydrogen-bond acceptors (Lipinski definition) is 5. The molecule has 4 rings (SSSR count). The summed E-state index contributed by atoms with van der Waals surface area (Å²) in [6.45, 7) is 6.80. The molecule has 0 radical (unpaired) electrons. The second-order valence-electron chi connectivity index (χ2n) is 8.17. The van der Waals surface area contributed by atoms with E-state index in [1.54, 1.807) is 7.11 Å². The fraction of sp³-hybridized carbons (Fsp3) is 0.636. The van der Waals surface area contributed by atoms with Crippen LogP contribution in [0.4, 0.5) is 0 Å². The van der Waals surface area contributed by atoms with Crippen molar-refractivity contribution in [3.05, 3.63) is 35.9 Å². The van der Waals surface area contributed by atoms with E-state index in [0.717, 1.165) is 70.4 Å². The van der Waals surface area contributed by atoms with Crippen molar-refractivity contribution in [1.82, 2.24) is 9.80 Å². The van der Waals surface area contributed by atoms with Gasteiger partial charge in [0.05, 0.1) is 26.4 Å². The average molecular weight is 373 g/mol. The number of aliphatic hydroxyl groups is 1. The van der Waals surface area contributed by atoms with E-state index in [1.165, 1.54) is 5.56 Å². The Morgan fingerprint density at radius 3 is 2.52 bits per heavy atom. The Balaban J connectivity index is 1.29. The lowest BCUT2D eigenvalue weighted by molar-refractivity contribution is -0.0520. The molecule has 3 aliphatic rings. The monoisotopic (exact) mass is 372 g/mol. The molecule has 27 heavy (non-hydrogen) atoms. The van der Waals surface area contributed by atoms with Gasteiger partial charge in [-0.25, -0.2) is 0 Å². The third kappa shape index (κ3) is 4.54. The highest BCUT2D eigenvalue weighted by molar-refractivity contribution is 5.50. The number of hydrogen-bond donors (Lipinski definition) is 1. The number of morpholine rings is 1. The minimum Gasteiger partial charge on any atom is -0.497 e. The molecule has 1 aromatic carbocycles. The molecule has 3 fully saturated rings. The van der Waals surface area contributed by atoms with Crippen LogP contribution in [-0.2, 0) is 4.74 Å². The molecule has 0 unspecified atom stereocenters. The Morgan fingerprint density at radius 1 is 1.11 bits per heavy atom. The van der Waals surface area contributed by atoms with Gasteiger partial charge in [-0.2, -0.15) is 0 Å². The predicted octanol–water partition coefficient (Wildman–Crippen LogP) is 2.11. The first kappa shape index (κ1) is 18.9. The molecule has 1 N–H and O–H groups in total. The number of rotatable bonds is 5. The highest BCUT2D eigenvalue weighted by Gasteiger charge is 2.43. The van der Waals surface area contributed by atoms with Crippen LogP contribution in [0, 0.1) is 11.8 Å². The largest absolute Gasteiger partial charge is 0.497 e. The number of fused-ring (bicyclic) bond motifs is 1. The summed E-state index contributed by atoms with van der Waals surface area (Å²) < 4.78 is 10.7. The van der Waals surface area contributed by atoms with E-state index in [-0.39, 0.29) is 6.10 Å². The van der Waals surface area contributed by atoms with Crippen LogP contribution < -0.4 is 4.74 Å². The molecule has 5 nitrogen and oxygen atoms in total. The smallest absolute Gasteiger partial charge is 0.118 e. The molecule has 0 spiro atoms. The van der Waals surface area contributed by atoms with E-state index in [2.05, 4.69) is 34.1 Å². The first-order valence-electron chi connectivity index (χ1n) is 10.3. The fourth-order valence-electron chi connectivity index (χ4n) is 5.01. The normalized spacial score (nSPS) is 32.7. The molecule has 1 aliphatic carbocycles. The van der Waals surface area contributed by atoms with E-state index in [0.29, 0.717) is 12.0 Å². The van der Waals surface area contributed by atoms with Crippen molar-refractivity contribution in [3.63, 3.8) is 0 Å². The Morgan fingerprint density at radius 2 is 1.81 bits per heavy atom. The average Bonchev–Trinajstić information content (AvgIpc) is 3.10. The zero-order chi connectivity index (χ0) is 18.6. The lowest BCUT2D eigenvalue weighted by Gasteiger charge is -2.43. The zero-order valence-corrected chi connectivity index (χ0v) is 16.3. The van der Waals surface area contributed by atoms with Crippen LogP contribution in [-0.4, -0.2) is 80.1 Å². The van der Waals surface area contributed by atoms with Crippen LogP contribution in [0.25, 0.3) is 6.08 Å². The third-order valence-electron chi connectivity index (χ3n) is 6.49. The molecule has 2 saturated heterocycles. The van der Waals surface area contributed by atoms with Crippen LogP contribution >= 0.6 is 0 Å². The summed E-state index contributed by atoms with van der Waals surface area (Å²) in [6, 6.07) is 8.49. The summed E-state index contributed by atoms with van der Waals surface area (Å²) in [5, 5.41) is 10.7. The van der Waals surface area contributed by atoms with E-state index < -0.39 is 0 Å². The van der Waals surface area contributed by atoms with Crippen LogP contribution in [0.2, 0.25) is 0 Å². The molecule has 5 heteroatoms. The van der Waals surface area contributed by atoms with Gasteiger partial charge in [0, 0.05) is 38.8 Å². The molecule has 1 saturated carbocycles. The molecule has 0 bridgehead atoms. The van der Waals surface area contributed by atoms with Crippen molar-refractivity contribution in [1.29, 1.82) is 0 Å². The molecule has 4 atom stereocenters. The highest BCUT2D eigenvalue weighted by Crippen LogP contribution is 2.38. The van der Waals surface area contributed by atoms with Gasteiger partial charge in [-0.05, 0) is 42.4 Å². The maximum Gasteiger partial charge on any atom is 0.118 e. The number of ether oxygens (including phenoxy) is 2. The van der Waals surface area contributed by atoms with Gasteiger partial charge in [-0.15, -0.1) is 0 Å². The predicted molar refractivity (Wildman–Crippen MR) is 107 cm³/mol. The number of nitrogens with zero attached hydrogens (tertiary/aromatic N) is 2. The quantitative estimate of drug-likeness (QED) is 0.858. The Kier molecular flexibility index (Phi) is 6.13. The van der Waals surface area contributed by atoms with Crippen molar-refractivity contribution < 1.29 is 14.6 Å². The van der Waals surface area contributed by atoms with Crippen molar-refractivity contribution in [2.75, 3.05) is 53.0 Å². The molecule has 2 heterocycles.